The molecule has 0 saturated carbocycles. The highest BCUT2D eigenvalue weighted by molar-refractivity contribution is 7.17. The molecule has 1 unspecified atom stereocenters. The summed E-state index contributed by atoms with van der Waals surface area (Å²) < 4.78 is 5.56. The summed E-state index contributed by atoms with van der Waals surface area (Å²) in [6, 6.07) is 0. The first-order valence-electron chi connectivity index (χ1n) is 7.24. The van der Waals surface area contributed by atoms with Gasteiger partial charge in [-0.15, -0.1) is 11.3 Å². The molecule has 108 valence electrons. The van der Waals surface area contributed by atoms with E-state index in [1.807, 2.05) is 6.92 Å². The van der Waals surface area contributed by atoms with Crippen LogP contribution in [0, 0.1) is 19.8 Å². The number of anilines is 1. The molecule has 1 aliphatic heterocycles. The van der Waals surface area contributed by atoms with Gasteiger partial charge in [-0.1, -0.05) is 0 Å². The van der Waals surface area contributed by atoms with Crippen molar-refractivity contribution in [1.29, 1.82) is 0 Å². The zero-order valence-electron chi connectivity index (χ0n) is 12.3. The minimum atomic E-state index is 0.624. The average Bonchev–Trinajstić information content (AvgIpc) is 3.03. The molecule has 2 aromatic heterocycles. The van der Waals surface area contributed by atoms with Gasteiger partial charge in [-0.3, -0.25) is 0 Å². The van der Waals surface area contributed by atoms with Crippen LogP contribution in [0.5, 0.6) is 0 Å². The molecular weight excluding hydrogens is 270 g/mol. The van der Waals surface area contributed by atoms with Gasteiger partial charge in [0.15, 0.2) is 0 Å². The Balaban J connectivity index is 1.89. The van der Waals surface area contributed by atoms with Crippen LogP contribution in [-0.2, 0) is 4.74 Å². The number of fused-ring (bicyclic) bond motifs is 1. The fourth-order valence-corrected chi connectivity index (χ4v) is 3.80. The lowest BCUT2D eigenvalue weighted by molar-refractivity contribution is 0.117. The zero-order chi connectivity index (χ0) is 14.1. The maximum absolute atomic E-state index is 5.56. The highest BCUT2D eigenvalue weighted by Crippen LogP contribution is 2.34. The first-order valence-corrected chi connectivity index (χ1v) is 8.12. The summed E-state index contributed by atoms with van der Waals surface area (Å²) in [6.07, 6.45) is 1.19. The van der Waals surface area contributed by atoms with Crippen molar-refractivity contribution in [3.8, 4) is 0 Å². The summed E-state index contributed by atoms with van der Waals surface area (Å²) in [7, 11) is 0. The van der Waals surface area contributed by atoms with Gasteiger partial charge in [0.25, 0.3) is 0 Å². The van der Waals surface area contributed by atoms with E-state index in [0.29, 0.717) is 5.92 Å². The SMILES string of the molecule is CCOCC1CCN(c2nc(C)nc3scc(C)c23)C1. The molecule has 1 atom stereocenters. The summed E-state index contributed by atoms with van der Waals surface area (Å²) >= 11 is 1.71. The molecule has 4 nitrogen and oxygen atoms in total. The van der Waals surface area contributed by atoms with E-state index in [0.717, 1.165) is 42.8 Å². The third kappa shape index (κ3) is 2.52. The smallest absolute Gasteiger partial charge is 0.141 e. The first kappa shape index (κ1) is 13.8. The maximum Gasteiger partial charge on any atom is 0.141 e. The highest BCUT2D eigenvalue weighted by atomic mass is 32.1. The van der Waals surface area contributed by atoms with E-state index in [2.05, 4.69) is 29.1 Å². The number of ether oxygens (including phenoxy) is 1. The van der Waals surface area contributed by atoms with Crippen LogP contribution < -0.4 is 4.90 Å². The van der Waals surface area contributed by atoms with E-state index in [-0.39, 0.29) is 0 Å². The second-order valence-corrected chi connectivity index (χ2v) is 6.31. The van der Waals surface area contributed by atoms with Crippen molar-refractivity contribution in [3.63, 3.8) is 0 Å². The Morgan fingerprint density at radius 2 is 2.25 bits per heavy atom. The van der Waals surface area contributed by atoms with Crippen molar-refractivity contribution in [2.24, 2.45) is 5.92 Å². The molecule has 1 saturated heterocycles. The van der Waals surface area contributed by atoms with Crippen molar-refractivity contribution in [1.82, 2.24) is 9.97 Å². The van der Waals surface area contributed by atoms with Crippen LogP contribution in [0.3, 0.4) is 0 Å². The number of nitrogens with zero attached hydrogens (tertiary/aromatic N) is 3. The van der Waals surface area contributed by atoms with Gasteiger partial charge in [0.2, 0.25) is 0 Å². The Labute approximate surface area is 123 Å². The van der Waals surface area contributed by atoms with Gasteiger partial charge in [0, 0.05) is 25.6 Å². The van der Waals surface area contributed by atoms with E-state index in [4.69, 9.17) is 9.72 Å². The van der Waals surface area contributed by atoms with Crippen LogP contribution in [0.25, 0.3) is 10.2 Å². The second kappa shape index (κ2) is 5.66. The molecule has 5 heteroatoms. The minimum absolute atomic E-state index is 0.624. The Morgan fingerprint density at radius 1 is 1.40 bits per heavy atom. The molecule has 3 rings (SSSR count). The third-order valence-electron chi connectivity index (χ3n) is 3.85. The fourth-order valence-electron chi connectivity index (χ4n) is 2.84. The molecule has 20 heavy (non-hydrogen) atoms. The monoisotopic (exact) mass is 291 g/mol. The molecule has 1 fully saturated rings. The molecule has 0 spiro atoms. The normalized spacial score (nSPS) is 19.1. The van der Waals surface area contributed by atoms with E-state index in [1.54, 1.807) is 11.3 Å². The van der Waals surface area contributed by atoms with Gasteiger partial charge >= 0.3 is 0 Å². The van der Waals surface area contributed by atoms with E-state index < -0.39 is 0 Å². The van der Waals surface area contributed by atoms with Gasteiger partial charge in [0.1, 0.15) is 16.5 Å². The first-order chi connectivity index (χ1) is 9.69. The van der Waals surface area contributed by atoms with E-state index in [1.165, 1.54) is 17.4 Å². The molecule has 1 aliphatic rings. The predicted octanol–water partition coefficient (Wildman–Crippen LogP) is 3.17. The molecule has 0 amide bonds. The largest absolute Gasteiger partial charge is 0.381 e. The van der Waals surface area contributed by atoms with Gasteiger partial charge < -0.3 is 9.64 Å². The van der Waals surface area contributed by atoms with Gasteiger partial charge in [-0.2, -0.15) is 0 Å². The Bertz CT molecular complexity index is 610. The van der Waals surface area contributed by atoms with E-state index >= 15 is 0 Å². The molecule has 0 N–H and O–H groups in total. The number of aromatic nitrogens is 2. The average molecular weight is 291 g/mol. The van der Waals surface area contributed by atoms with Crippen LogP contribution in [-0.4, -0.2) is 36.3 Å². The summed E-state index contributed by atoms with van der Waals surface area (Å²) in [5.74, 6) is 2.60. The van der Waals surface area contributed by atoms with Crippen LogP contribution in [0.15, 0.2) is 5.38 Å². The summed E-state index contributed by atoms with van der Waals surface area (Å²) in [6.45, 7) is 9.96. The molecular formula is C15H21N3OS. The van der Waals surface area contributed by atoms with Crippen LogP contribution in [0.4, 0.5) is 5.82 Å². The molecule has 0 bridgehead atoms. The van der Waals surface area contributed by atoms with Gasteiger partial charge in [-0.05, 0) is 38.1 Å². The Morgan fingerprint density at radius 3 is 3.05 bits per heavy atom. The van der Waals surface area contributed by atoms with Crippen molar-refractivity contribution < 1.29 is 4.74 Å². The quantitative estimate of drug-likeness (QED) is 0.867. The van der Waals surface area contributed by atoms with Crippen molar-refractivity contribution in [2.45, 2.75) is 27.2 Å². The Hall–Kier alpha value is -1.20. The lowest BCUT2D eigenvalue weighted by Gasteiger charge is -2.19. The van der Waals surface area contributed by atoms with Crippen LogP contribution in [0.1, 0.15) is 24.7 Å². The standard InChI is InChI=1S/C15H21N3OS/c1-4-19-8-12-5-6-18(7-12)14-13-10(2)9-20-15(13)17-11(3)16-14/h9,12H,4-8H2,1-3H3. The lowest BCUT2D eigenvalue weighted by atomic mass is 10.1. The molecule has 3 heterocycles. The highest BCUT2D eigenvalue weighted by Gasteiger charge is 2.26. The minimum Gasteiger partial charge on any atom is -0.381 e. The Kier molecular flexibility index (Phi) is 3.89. The van der Waals surface area contributed by atoms with Crippen molar-refractivity contribution in [3.05, 3.63) is 16.8 Å². The van der Waals surface area contributed by atoms with Crippen LogP contribution in [0.2, 0.25) is 0 Å². The van der Waals surface area contributed by atoms with Crippen molar-refractivity contribution in [2.75, 3.05) is 31.2 Å². The number of rotatable bonds is 4. The van der Waals surface area contributed by atoms with Crippen molar-refractivity contribution >= 4 is 27.4 Å². The number of hydrogen-bond acceptors (Lipinski definition) is 5. The predicted molar refractivity (Wildman–Crippen MR) is 83.7 cm³/mol. The number of aryl methyl sites for hydroxylation is 2. The lowest BCUT2D eigenvalue weighted by Crippen LogP contribution is -2.23. The molecule has 0 aromatic carbocycles. The fraction of sp³-hybridized carbons (Fsp3) is 0.600. The molecule has 0 aliphatic carbocycles. The topological polar surface area (TPSA) is 38.2 Å². The maximum atomic E-state index is 5.56. The van der Waals surface area contributed by atoms with E-state index in [9.17, 15) is 0 Å². The number of thiophene rings is 1. The molecule has 2 aromatic rings. The summed E-state index contributed by atoms with van der Waals surface area (Å²) in [5, 5.41) is 3.41. The number of hydrogen-bond donors (Lipinski definition) is 0. The zero-order valence-corrected chi connectivity index (χ0v) is 13.2. The molecule has 0 radical (unpaired) electrons. The third-order valence-corrected chi connectivity index (χ3v) is 4.84. The summed E-state index contributed by atoms with van der Waals surface area (Å²) in [5.41, 5.74) is 1.29. The van der Waals surface area contributed by atoms with Crippen LogP contribution >= 0.6 is 11.3 Å². The van der Waals surface area contributed by atoms with Gasteiger partial charge in [-0.25, -0.2) is 9.97 Å². The second-order valence-electron chi connectivity index (χ2n) is 5.45. The summed E-state index contributed by atoms with van der Waals surface area (Å²) in [4.78, 5) is 12.8. The van der Waals surface area contributed by atoms with Gasteiger partial charge in [0.05, 0.1) is 12.0 Å².